The maximum Gasteiger partial charge on any atom is 0.224 e. The van der Waals surface area contributed by atoms with E-state index in [2.05, 4.69) is 20.6 Å². The first-order chi connectivity index (χ1) is 23.0. The van der Waals surface area contributed by atoms with Crippen molar-refractivity contribution in [2.24, 2.45) is 0 Å². The van der Waals surface area contributed by atoms with Crippen LogP contribution in [0.25, 0.3) is 0 Å². The van der Waals surface area contributed by atoms with Crippen LogP contribution >= 0.6 is 11.8 Å². The summed E-state index contributed by atoms with van der Waals surface area (Å²) in [5, 5.41) is 16.0. The van der Waals surface area contributed by atoms with Gasteiger partial charge in [-0.3, -0.25) is 9.59 Å². The number of carbonyl (C=O) groups is 2. The van der Waals surface area contributed by atoms with Crippen LogP contribution in [0.3, 0.4) is 0 Å². The molecule has 5 N–H and O–H groups in total. The number of nitrogens with zero attached hydrogens (tertiary/aromatic N) is 2. The molecule has 0 radical (unpaired) electrons. The number of ether oxygens (including phenoxy) is 2. The van der Waals surface area contributed by atoms with Gasteiger partial charge in [0.2, 0.25) is 11.8 Å². The van der Waals surface area contributed by atoms with Crippen LogP contribution in [0.15, 0.2) is 96.4 Å². The lowest BCUT2D eigenvalue weighted by molar-refractivity contribution is -0.245. The van der Waals surface area contributed by atoms with Gasteiger partial charge in [0.1, 0.15) is 0 Å². The maximum atomic E-state index is 12.4. The van der Waals surface area contributed by atoms with Crippen LogP contribution in [0.2, 0.25) is 0 Å². The number of nitrogen functional groups attached to an aromatic ring is 1. The number of para-hydroxylation sites is 2. The van der Waals surface area contributed by atoms with E-state index in [1.807, 2.05) is 60.7 Å². The van der Waals surface area contributed by atoms with Gasteiger partial charge >= 0.3 is 0 Å². The number of nitrogens with two attached hydrogens (primary N) is 1. The number of anilines is 2. The van der Waals surface area contributed by atoms with Crippen LogP contribution in [0.5, 0.6) is 0 Å². The summed E-state index contributed by atoms with van der Waals surface area (Å²) in [6.07, 6.45) is 6.27. The van der Waals surface area contributed by atoms with Crippen LogP contribution in [-0.4, -0.2) is 38.7 Å². The standard InChI is InChI=1S/C36H41N5O5S/c37-30-7-4-5-8-31(30)41-34(44)10-3-1-2-9-33(43)40-22-25-11-17-28(18-12-25)35-45-29(24-47-36-38-19-6-20-39-36)21-32(46-35)27-15-13-26(23-42)14-16-27/h4-8,11-20,29,32,35,42H,1-3,9-10,21-24,37H2,(H,40,43)(H,41,44). The number of hydrogen-bond acceptors (Lipinski definition) is 9. The maximum absolute atomic E-state index is 12.4. The molecule has 2 heterocycles. The van der Waals surface area contributed by atoms with Gasteiger partial charge in [-0.25, -0.2) is 9.97 Å². The quantitative estimate of drug-likeness (QED) is 0.0516. The second-order valence-corrected chi connectivity index (χ2v) is 12.4. The molecule has 0 spiro atoms. The molecule has 10 nitrogen and oxygen atoms in total. The molecule has 2 amide bonds. The number of carbonyl (C=O) groups excluding carboxylic acids is 2. The SMILES string of the molecule is Nc1ccccc1NC(=O)CCCCCC(=O)NCc1ccc(C2OC(CSc3ncccn3)CC(c3ccc(CO)cc3)O2)cc1. The highest BCUT2D eigenvalue weighted by molar-refractivity contribution is 7.99. The molecule has 1 aliphatic heterocycles. The molecule has 246 valence electrons. The van der Waals surface area contributed by atoms with Crippen molar-refractivity contribution in [2.75, 3.05) is 16.8 Å². The second-order valence-electron chi connectivity index (χ2n) is 11.4. The van der Waals surface area contributed by atoms with Crippen LogP contribution in [0, 0.1) is 0 Å². The summed E-state index contributed by atoms with van der Waals surface area (Å²) in [7, 11) is 0. The van der Waals surface area contributed by atoms with Gasteiger partial charge in [-0.2, -0.15) is 0 Å². The van der Waals surface area contributed by atoms with Gasteiger partial charge in [0.05, 0.1) is 30.2 Å². The van der Waals surface area contributed by atoms with E-state index in [-0.39, 0.29) is 30.6 Å². The van der Waals surface area contributed by atoms with Gasteiger partial charge < -0.3 is 30.9 Å². The summed E-state index contributed by atoms with van der Waals surface area (Å²) in [6.45, 7) is 0.412. The van der Waals surface area contributed by atoms with Crippen molar-refractivity contribution in [3.63, 3.8) is 0 Å². The number of nitrogens with one attached hydrogen (secondary N) is 2. The van der Waals surface area contributed by atoms with Crippen molar-refractivity contribution < 1.29 is 24.2 Å². The first kappa shape index (κ1) is 34.1. The Labute approximate surface area is 279 Å². The summed E-state index contributed by atoms with van der Waals surface area (Å²) in [5.74, 6) is 0.574. The molecule has 5 rings (SSSR count). The van der Waals surface area contributed by atoms with Crippen molar-refractivity contribution in [1.29, 1.82) is 0 Å². The number of aromatic nitrogens is 2. The molecule has 0 saturated carbocycles. The number of unbranched alkanes of at least 4 members (excludes halogenated alkanes) is 2. The Hall–Kier alpha value is -4.29. The van der Waals surface area contributed by atoms with Crippen LogP contribution in [0.1, 0.15) is 73.2 Å². The number of rotatable bonds is 15. The lowest BCUT2D eigenvalue weighted by Crippen LogP contribution is -2.31. The molecule has 4 aromatic rings. The number of aliphatic hydroxyl groups excluding tert-OH is 1. The van der Waals surface area contributed by atoms with E-state index in [0.717, 1.165) is 28.7 Å². The van der Waals surface area contributed by atoms with E-state index in [9.17, 15) is 14.7 Å². The number of amides is 2. The van der Waals surface area contributed by atoms with Crippen molar-refractivity contribution in [3.05, 3.63) is 114 Å². The Morgan fingerprint density at radius 3 is 2.23 bits per heavy atom. The molecular weight excluding hydrogens is 614 g/mol. The molecule has 3 atom stereocenters. The minimum atomic E-state index is -0.565. The Kier molecular flexibility index (Phi) is 12.7. The predicted molar refractivity (Wildman–Crippen MR) is 182 cm³/mol. The molecule has 1 fully saturated rings. The van der Waals surface area contributed by atoms with Crippen LogP contribution in [-0.2, 0) is 32.2 Å². The molecule has 0 aliphatic carbocycles. The van der Waals surface area contributed by atoms with E-state index < -0.39 is 6.29 Å². The fraction of sp³-hybridized carbons (Fsp3) is 0.333. The number of benzene rings is 3. The average molecular weight is 656 g/mol. The summed E-state index contributed by atoms with van der Waals surface area (Å²) in [6, 6.07) is 24.7. The minimum Gasteiger partial charge on any atom is -0.397 e. The third-order valence-electron chi connectivity index (χ3n) is 7.84. The van der Waals surface area contributed by atoms with Gasteiger partial charge in [0.15, 0.2) is 11.4 Å². The average Bonchev–Trinajstić information content (AvgIpc) is 3.11. The fourth-order valence-corrected chi connectivity index (χ4v) is 6.02. The Morgan fingerprint density at radius 2 is 1.51 bits per heavy atom. The minimum absolute atomic E-state index is 0.00705. The second kappa shape index (κ2) is 17.6. The van der Waals surface area contributed by atoms with Crippen molar-refractivity contribution >= 4 is 35.0 Å². The first-order valence-electron chi connectivity index (χ1n) is 15.9. The molecule has 1 aliphatic rings. The van der Waals surface area contributed by atoms with Crippen molar-refractivity contribution in [2.45, 2.75) is 75.3 Å². The first-order valence-corrected chi connectivity index (χ1v) is 16.9. The lowest BCUT2D eigenvalue weighted by atomic mass is 10.0. The Morgan fingerprint density at radius 1 is 0.830 bits per heavy atom. The summed E-state index contributed by atoms with van der Waals surface area (Å²) in [4.78, 5) is 33.3. The highest BCUT2D eigenvalue weighted by Crippen LogP contribution is 2.39. The van der Waals surface area contributed by atoms with E-state index in [4.69, 9.17) is 15.2 Å². The predicted octanol–water partition coefficient (Wildman–Crippen LogP) is 6.09. The van der Waals surface area contributed by atoms with Crippen molar-refractivity contribution in [3.8, 4) is 0 Å². The van der Waals surface area contributed by atoms with Crippen LogP contribution in [0.4, 0.5) is 11.4 Å². The topological polar surface area (TPSA) is 149 Å². The molecule has 47 heavy (non-hydrogen) atoms. The lowest BCUT2D eigenvalue weighted by Gasteiger charge is -2.36. The Bertz CT molecular complexity index is 1570. The van der Waals surface area contributed by atoms with Crippen LogP contribution < -0.4 is 16.4 Å². The summed E-state index contributed by atoms with van der Waals surface area (Å²) in [5.41, 5.74) is 10.8. The highest BCUT2D eigenvalue weighted by atomic mass is 32.2. The number of aliphatic hydroxyl groups is 1. The van der Waals surface area contributed by atoms with Gasteiger partial charge in [0.25, 0.3) is 0 Å². The third-order valence-corrected chi connectivity index (χ3v) is 8.85. The smallest absolute Gasteiger partial charge is 0.224 e. The monoisotopic (exact) mass is 655 g/mol. The third kappa shape index (κ3) is 10.6. The zero-order chi connectivity index (χ0) is 32.8. The summed E-state index contributed by atoms with van der Waals surface area (Å²) < 4.78 is 12.8. The van der Waals surface area contributed by atoms with E-state index in [1.165, 1.54) is 0 Å². The molecule has 0 bridgehead atoms. The van der Waals surface area contributed by atoms with E-state index in [0.29, 0.717) is 60.9 Å². The number of hydrogen-bond donors (Lipinski definition) is 4. The molecule has 11 heteroatoms. The summed E-state index contributed by atoms with van der Waals surface area (Å²) >= 11 is 1.55. The molecule has 3 unspecified atom stereocenters. The molecular formula is C36H41N5O5S. The van der Waals surface area contributed by atoms with Crippen molar-refractivity contribution in [1.82, 2.24) is 15.3 Å². The number of thioether (sulfide) groups is 1. The van der Waals surface area contributed by atoms with Gasteiger partial charge in [-0.15, -0.1) is 0 Å². The highest BCUT2D eigenvalue weighted by Gasteiger charge is 2.32. The molecule has 1 saturated heterocycles. The van der Waals surface area contributed by atoms with Gasteiger partial charge in [-0.05, 0) is 47.7 Å². The molecule has 3 aromatic carbocycles. The van der Waals surface area contributed by atoms with E-state index in [1.54, 1.807) is 42.4 Å². The van der Waals surface area contributed by atoms with Gasteiger partial charge in [0, 0.05) is 49.5 Å². The zero-order valence-corrected chi connectivity index (χ0v) is 27.0. The Balaban J connectivity index is 1.08. The molecule has 1 aromatic heterocycles. The normalized spacial score (nSPS) is 17.6. The van der Waals surface area contributed by atoms with E-state index >= 15 is 0 Å². The zero-order valence-electron chi connectivity index (χ0n) is 26.2. The fourth-order valence-electron chi connectivity index (χ4n) is 5.20. The largest absolute Gasteiger partial charge is 0.397 e. The van der Waals surface area contributed by atoms with Gasteiger partial charge in [-0.1, -0.05) is 78.8 Å².